The number of carbonyl (C=O) groups is 1. The molecule has 8 heteroatoms. The minimum atomic E-state index is -0.532. The van der Waals surface area contributed by atoms with Crippen LogP contribution in [0.4, 0.5) is 5.13 Å². The van der Waals surface area contributed by atoms with Crippen LogP contribution in [0, 0.1) is 0 Å². The van der Waals surface area contributed by atoms with Gasteiger partial charge in [-0.25, -0.2) is 9.78 Å². The number of amides is 1. The van der Waals surface area contributed by atoms with Gasteiger partial charge >= 0.3 is 5.69 Å². The third-order valence-corrected chi connectivity index (χ3v) is 5.13. The Morgan fingerprint density at radius 2 is 1.75 bits per heavy atom. The molecule has 0 aliphatic heterocycles. The minimum Gasteiger partial charge on any atom is -0.300 e. The Labute approximate surface area is 163 Å². The highest BCUT2D eigenvalue weighted by Crippen LogP contribution is 2.25. The maximum atomic E-state index is 12.7. The van der Waals surface area contributed by atoms with Gasteiger partial charge in [0.1, 0.15) is 6.54 Å². The Bertz CT molecular complexity index is 1220. The molecule has 140 valence electrons. The number of benzene rings is 2. The molecule has 2 aromatic heterocycles. The number of carbonyl (C=O) groups excluding carboxylic acids is 1. The first-order valence-corrected chi connectivity index (χ1v) is 9.41. The molecule has 0 atom stereocenters. The van der Waals surface area contributed by atoms with Crippen LogP contribution < -0.4 is 16.6 Å². The van der Waals surface area contributed by atoms with Crippen LogP contribution in [-0.4, -0.2) is 20.0 Å². The molecule has 4 aromatic rings. The first-order valence-electron chi connectivity index (χ1n) is 8.60. The summed E-state index contributed by atoms with van der Waals surface area (Å²) < 4.78 is 3.27. The largest absolute Gasteiger partial charge is 0.331 e. The van der Waals surface area contributed by atoms with Crippen LogP contribution in [0.25, 0.3) is 10.2 Å². The number of fused-ring (bicyclic) bond motifs is 1. The van der Waals surface area contributed by atoms with Gasteiger partial charge in [0, 0.05) is 12.3 Å². The highest BCUT2D eigenvalue weighted by Gasteiger charge is 2.12. The zero-order valence-electron chi connectivity index (χ0n) is 14.7. The molecule has 0 saturated carbocycles. The number of nitrogens with one attached hydrogen (secondary N) is 1. The molecule has 0 spiro atoms. The molecule has 0 aliphatic rings. The summed E-state index contributed by atoms with van der Waals surface area (Å²) in [5.41, 5.74) is 0.656. The Hall–Kier alpha value is -3.52. The van der Waals surface area contributed by atoms with E-state index >= 15 is 0 Å². The molecule has 0 aliphatic carbocycles. The monoisotopic (exact) mass is 392 g/mol. The second kappa shape index (κ2) is 7.61. The van der Waals surface area contributed by atoms with Crippen molar-refractivity contribution in [1.82, 2.24) is 14.1 Å². The molecule has 2 aromatic carbocycles. The van der Waals surface area contributed by atoms with E-state index in [0.717, 1.165) is 20.3 Å². The van der Waals surface area contributed by atoms with E-state index in [1.54, 1.807) is 0 Å². The van der Waals surface area contributed by atoms with E-state index < -0.39 is 17.2 Å². The molecule has 4 rings (SSSR count). The molecule has 0 radical (unpaired) electrons. The van der Waals surface area contributed by atoms with Gasteiger partial charge in [-0.3, -0.25) is 18.7 Å². The SMILES string of the molecule is O=C(Cn1c(=O)ccn(Cc2ccccc2)c1=O)Nc1nc2ccccc2s1. The van der Waals surface area contributed by atoms with Crippen molar-refractivity contribution in [3.63, 3.8) is 0 Å². The maximum Gasteiger partial charge on any atom is 0.331 e. The summed E-state index contributed by atoms with van der Waals surface area (Å²) in [6.07, 6.45) is 1.44. The molecule has 0 unspecified atom stereocenters. The van der Waals surface area contributed by atoms with Gasteiger partial charge in [0.15, 0.2) is 5.13 Å². The highest BCUT2D eigenvalue weighted by molar-refractivity contribution is 7.22. The quantitative estimate of drug-likeness (QED) is 0.565. The Kier molecular flexibility index (Phi) is 4.86. The molecule has 0 fully saturated rings. The van der Waals surface area contributed by atoms with Crippen molar-refractivity contribution in [2.75, 3.05) is 5.32 Å². The Morgan fingerprint density at radius 3 is 2.54 bits per heavy atom. The van der Waals surface area contributed by atoms with Gasteiger partial charge < -0.3 is 5.32 Å². The second-order valence-electron chi connectivity index (χ2n) is 6.17. The number of hydrogen-bond donors (Lipinski definition) is 1. The lowest BCUT2D eigenvalue weighted by Gasteiger charge is -2.09. The van der Waals surface area contributed by atoms with Crippen LogP contribution >= 0.6 is 11.3 Å². The summed E-state index contributed by atoms with van der Waals surface area (Å²) >= 11 is 1.34. The van der Waals surface area contributed by atoms with Crippen LogP contribution in [0.15, 0.2) is 76.4 Å². The lowest BCUT2D eigenvalue weighted by molar-refractivity contribution is -0.116. The summed E-state index contributed by atoms with van der Waals surface area (Å²) in [6, 6.07) is 18.2. The Balaban J connectivity index is 1.55. The van der Waals surface area contributed by atoms with E-state index in [-0.39, 0.29) is 6.54 Å². The number of thiazole rings is 1. The van der Waals surface area contributed by atoms with E-state index in [9.17, 15) is 14.4 Å². The number of nitrogens with zero attached hydrogens (tertiary/aromatic N) is 3. The van der Waals surface area contributed by atoms with Gasteiger partial charge in [0.25, 0.3) is 5.56 Å². The molecule has 2 heterocycles. The number of anilines is 1. The normalized spacial score (nSPS) is 10.9. The summed E-state index contributed by atoms with van der Waals surface area (Å²) in [5.74, 6) is -0.476. The fourth-order valence-electron chi connectivity index (χ4n) is 2.83. The van der Waals surface area contributed by atoms with Gasteiger partial charge in [0.2, 0.25) is 5.91 Å². The van der Waals surface area contributed by atoms with Crippen molar-refractivity contribution < 1.29 is 4.79 Å². The highest BCUT2D eigenvalue weighted by atomic mass is 32.1. The van der Waals surface area contributed by atoms with Crippen molar-refractivity contribution >= 4 is 32.6 Å². The van der Waals surface area contributed by atoms with Gasteiger partial charge in [0.05, 0.1) is 16.8 Å². The lowest BCUT2D eigenvalue weighted by Crippen LogP contribution is -2.41. The fraction of sp³-hybridized carbons (Fsp3) is 0.100. The zero-order valence-corrected chi connectivity index (χ0v) is 15.6. The van der Waals surface area contributed by atoms with E-state index in [0.29, 0.717) is 11.7 Å². The first-order chi connectivity index (χ1) is 13.6. The van der Waals surface area contributed by atoms with Gasteiger partial charge in [-0.1, -0.05) is 53.8 Å². The van der Waals surface area contributed by atoms with Gasteiger partial charge in [-0.15, -0.1) is 0 Å². The molecule has 7 nitrogen and oxygen atoms in total. The third kappa shape index (κ3) is 3.77. The predicted octanol–water partition coefficient (Wildman–Crippen LogP) is 2.31. The number of aromatic nitrogens is 3. The molecular weight excluding hydrogens is 376 g/mol. The van der Waals surface area contributed by atoms with E-state index in [2.05, 4.69) is 10.3 Å². The topological polar surface area (TPSA) is 86.0 Å². The standard InChI is InChI=1S/C20H16N4O3S/c25-17(22-19-21-15-8-4-5-9-16(15)28-19)13-24-18(26)10-11-23(20(24)27)12-14-6-2-1-3-7-14/h1-11H,12-13H2,(H,21,22,25). The summed E-state index contributed by atoms with van der Waals surface area (Å²) in [6.45, 7) is -0.0529. The molecule has 0 saturated heterocycles. The van der Waals surface area contributed by atoms with Crippen LogP contribution in [-0.2, 0) is 17.9 Å². The fourth-order valence-corrected chi connectivity index (χ4v) is 3.71. The summed E-state index contributed by atoms with van der Waals surface area (Å²) in [4.78, 5) is 41.5. The average Bonchev–Trinajstić information content (AvgIpc) is 3.10. The molecule has 0 bridgehead atoms. The van der Waals surface area contributed by atoms with Gasteiger partial charge in [-0.2, -0.15) is 0 Å². The van der Waals surface area contributed by atoms with Crippen molar-refractivity contribution in [3.05, 3.63) is 93.3 Å². The summed E-state index contributed by atoms with van der Waals surface area (Å²) in [5, 5.41) is 3.09. The zero-order chi connectivity index (χ0) is 19.5. The van der Waals surface area contributed by atoms with Crippen LogP contribution in [0.5, 0.6) is 0 Å². The lowest BCUT2D eigenvalue weighted by atomic mass is 10.2. The molecular formula is C20H16N4O3S. The smallest absolute Gasteiger partial charge is 0.300 e. The Morgan fingerprint density at radius 1 is 1.00 bits per heavy atom. The molecule has 28 heavy (non-hydrogen) atoms. The number of hydrogen-bond acceptors (Lipinski definition) is 5. The predicted molar refractivity (Wildman–Crippen MR) is 109 cm³/mol. The van der Waals surface area contributed by atoms with E-state index in [1.165, 1.54) is 28.2 Å². The van der Waals surface area contributed by atoms with Crippen molar-refractivity contribution in [2.24, 2.45) is 0 Å². The van der Waals surface area contributed by atoms with Crippen LogP contribution in [0.3, 0.4) is 0 Å². The van der Waals surface area contributed by atoms with Crippen molar-refractivity contribution in [3.8, 4) is 0 Å². The van der Waals surface area contributed by atoms with Crippen molar-refractivity contribution in [1.29, 1.82) is 0 Å². The van der Waals surface area contributed by atoms with E-state index in [4.69, 9.17) is 0 Å². The average molecular weight is 392 g/mol. The number of rotatable bonds is 5. The minimum absolute atomic E-state index is 0.319. The first kappa shape index (κ1) is 17.9. The third-order valence-electron chi connectivity index (χ3n) is 4.18. The summed E-state index contributed by atoms with van der Waals surface area (Å²) in [7, 11) is 0. The molecule has 1 amide bonds. The molecule has 1 N–H and O–H groups in total. The maximum absolute atomic E-state index is 12.7. The van der Waals surface area contributed by atoms with Crippen molar-refractivity contribution in [2.45, 2.75) is 13.1 Å². The van der Waals surface area contributed by atoms with Crippen LogP contribution in [0.2, 0.25) is 0 Å². The van der Waals surface area contributed by atoms with E-state index in [1.807, 2.05) is 54.6 Å². The van der Waals surface area contributed by atoms with Crippen LogP contribution in [0.1, 0.15) is 5.56 Å². The van der Waals surface area contributed by atoms with Gasteiger partial charge in [-0.05, 0) is 17.7 Å². The number of para-hydroxylation sites is 1. The second-order valence-corrected chi connectivity index (χ2v) is 7.20.